The molecule has 1 saturated heterocycles. The molecule has 1 aromatic heterocycles. The number of benzene rings is 1. The van der Waals surface area contributed by atoms with Gasteiger partial charge in [-0.25, -0.2) is 9.78 Å². The Kier molecular flexibility index (Phi) is 6.13. The summed E-state index contributed by atoms with van der Waals surface area (Å²) in [5, 5.41) is 0. The Morgan fingerprint density at radius 1 is 1.21 bits per heavy atom. The number of cyclic esters (lactones) is 1. The highest BCUT2D eigenvalue weighted by Gasteiger charge is 2.38. The van der Waals surface area contributed by atoms with Crippen LogP contribution in [0.1, 0.15) is 12.5 Å². The molecule has 2 amide bonds. The SMILES string of the molecule is COc1ccc(CN2C(=O)COc3ccc(N4CC(C(C)CS(=O)(=O)O)OC4=O)nc32)cc1. The second-order valence-corrected chi connectivity index (χ2v) is 9.36. The van der Waals surface area contributed by atoms with Crippen LogP contribution >= 0.6 is 0 Å². The van der Waals surface area contributed by atoms with Crippen molar-refractivity contribution in [3.63, 3.8) is 0 Å². The molecule has 0 bridgehead atoms. The van der Waals surface area contributed by atoms with Crippen LogP contribution in [0.15, 0.2) is 36.4 Å². The molecule has 0 aliphatic carbocycles. The van der Waals surface area contributed by atoms with Crippen molar-refractivity contribution >= 4 is 33.8 Å². The molecule has 2 aromatic rings. The van der Waals surface area contributed by atoms with Gasteiger partial charge in [0.05, 0.1) is 26.0 Å². The van der Waals surface area contributed by atoms with Crippen LogP contribution in [0.3, 0.4) is 0 Å². The average Bonchev–Trinajstić information content (AvgIpc) is 3.16. The number of rotatable bonds is 7. The van der Waals surface area contributed by atoms with Crippen molar-refractivity contribution in [2.75, 3.05) is 35.8 Å². The number of carbonyl (C=O) groups is 2. The predicted molar refractivity (Wildman–Crippen MR) is 117 cm³/mol. The number of carbonyl (C=O) groups excluding carboxylic acids is 2. The van der Waals surface area contributed by atoms with E-state index in [1.807, 2.05) is 12.1 Å². The second-order valence-electron chi connectivity index (χ2n) is 7.87. The number of aromatic nitrogens is 1. The lowest BCUT2D eigenvalue weighted by Crippen LogP contribution is -2.39. The van der Waals surface area contributed by atoms with E-state index in [4.69, 9.17) is 18.8 Å². The van der Waals surface area contributed by atoms with Gasteiger partial charge in [-0.05, 0) is 29.8 Å². The Morgan fingerprint density at radius 2 is 1.94 bits per heavy atom. The molecule has 3 heterocycles. The van der Waals surface area contributed by atoms with E-state index in [0.29, 0.717) is 11.5 Å². The van der Waals surface area contributed by atoms with E-state index in [2.05, 4.69) is 4.98 Å². The van der Waals surface area contributed by atoms with E-state index < -0.39 is 34.0 Å². The van der Waals surface area contributed by atoms with E-state index in [0.717, 1.165) is 5.56 Å². The highest BCUT2D eigenvalue weighted by Crippen LogP contribution is 2.35. The number of amides is 2. The fourth-order valence-electron chi connectivity index (χ4n) is 3.70. The van der Waals surface area contributed by atoms with Crippen molar-refractivity contribution in [2.45, 2.75) is 19.6 Å². The van der Waals surface area contributed by atoms with E-state index in [1.165, 1.54) is 9.80 Å². The number of methoxy groups -OCH3 is 1. The van der Waals surface area contributed by atoms with Crippen LogP contribution in [0, 0.1) is 5.92 Å². The van der Waals surface area contributed by atoms with Crippen LogP contribution in [0.25, 0.3) is 0 Å². The highest BCUT2D eigenvalue weighted by molar-refractivity contribution is 7.85. The Labute approximate surface area is 190 Å². The third-order valence-electron chi connectivity index (χ3n) is 5.45. The molecule has 11 nitrogen and oxygen atoms in total. The fourth-order valence-corrected chi connectivity index (χ4v) is 4.58. The lowest BCUT2D eigenvalue weighted by Gasteiger charge is -2.29. The standard InChI is InChI=1S/C21H23N3O8S/c1-13(12-33(27,28)29)17-10-23(21(26)32-17)18-8-7-16-20(22-18)24(19(25)11-31-16)9-14-3-5-15(30-2)6-4-14/h3-8,13,17H,9-12H2,1-2H3,(H,27,28,29). The van der Waals surface area contributed by atoms with Gasteiger partial charge in [-0.3, -0.25) is 19.1 Å². The first-order valence-electron chi connectivity index (χ1n) is 10.1. The van der Waals surface area contributed by atoms with Crippen LogP contribution < -0.4 is 19.3 Å². The van der Waals surface area contributed by atoms with E-state index in [-0.39, 0.29) is 37.2 Å². The van der Waals surface area contributed by atoms with Crippen molar-refractivity contribution in [3.8, 4) is 11.5 Å². The fraction of sp³-hybridized carbons (Fsp3) is 0.381. The maximum Gasteiger partial charge on any atom is 0.415 e. The third kappa shape index (κ3) is 5.01. The summed E-state index contributed by atoms with van der Waals surface area (Å²) in [4.78, 5) is 32.3. The molecule has 2 aliphatic heterocycles. The molecule has 0 radical (unpaired) electrons. The molecule has 1 fully saturated rings. The van der Waals surface area contributed by atoms with Gasteiger partial charge in [0, 0.05) is 5.92 Å². The average molecular weight is 477 g/mol. The van der Waals surface area contributed by atoms with Crippen molar-refractivity contribution in [2.24, 2.45) is 5.92 Å². The van der Waals surface area contributed by atoms with Gasteiger partial charge in [-0.2, -0.15) is 8.42 Å². The summed E-state index contributed by atoms with van der Waals surface area (Å²) in [5.41, 5.74) is 0.851. The number of anilines is 2. The minimum absolute atomic E-state index is 0.0502. The summed E-state index contributed by atoms with van der Waals surface area (Å²) in [7, 11) is -2.65. The monoisotopic (exact) mass is 477 g/mol. The van der Waals surface area contributed by atoms with Gasteiger partial charge < -0.3 is 14.2 Å². The number of pyridine rings is 1. The molecule has 0 saturated carbocycles. The first kappa shape index (κ1) is 22.8. The number of fused-ring (bicyclic) bond motifs is 1. The Balaban J connectivity index is 1.57. The molecule has 1 aromatic carbocycles. The predicted octanol–water partition coefficient (Wildman–Crippen LogP) is 1.86. The largest absolute Gasteiger partial charge is 0.497 e. The van der Waals surface area contributed by atoms with Crippen LogP contribution in [0.5, 0.6) is 11.5 Å². The molecule has 4 rings (SSSR count). The van der Waals surface area contributed by atoms with Gasteiger partial charge >= 0.3 is 6.09 Å². The summed E-state index contributed by atoms with van der Waals surface area (Å²) < 4.78 is 47.4. The summed E-state index contributed by atoms with van der Waals surface area (Å²) in [6.07, 6.45) is -1.44. The molecule has 0 spiro atoms. The van der Waals surface area contributed by atoms with Crippen molar-refractivity contribution in [1.29, 1.82) is 0 Å². The normalized spacial score (nSPS) is 19.1. The van der Waals surface area contributed by atoms with Crippen LogP contribution in [-0.4, -0.2) is 62.1 Å². The molecule has 176 valence electrons. The van der Waals surface area contributed by atoms with Gasteiger partial charge in [-0.15, -0.1) is 0 Å². The first-order valence-corrected chi connectivity index (χ1v) is 11.8. The van der Waals surface area contributed by atoms with Crippen molar-refractivity contribution < 1.29 is 36.8 Å². The Hall–Kier alpha value is -3.38. The maximum absolute atomic E-state index is 12.6. The number of nitrogens with zero attached hydrogens (tertiary/aromatic N) is 3. The summed E-state index contributed by atoms with van der Waals surface area (Å²) in [5.74, 6) is 0.151. The zero-order valence-electron chi connectivity index (χ0n) is 18.0. The van der Waals surface area contributed by atoms with Crippen molar-refractivity contribution in [3.05, 3.63) is 42.0 Å². The number of hydrogen-bond donors (Lipinski definition) is 1. The van der Waals surface area contributed by atoms with Gasteiger partial charge in [0.25, 0.3) is 16.0 Å². The van der Waals surface area contributed by atoms with Crippen LogP contribution in [-0.2, 0) is 26.2 Å². The van der Waals surface area contributed by atoms with Crippen molar-refractivity contribution in [1.82, 2.24) is 4.98 Å². The molecule has 12 heteroatoms. The lowest BCUT2D eigenvalue weighted by atomic mass is 10.1. The molecule has 33 heavy (non-hydrogen) atoms. The molecule has 1 N–H and O–H groups in total. The molecule has 2 unspecified atom stereocenters. The molecule has 2 atom stereocenters. The Morgan fingerprint density at radius 3 is 2.61 bits per heavy atom. The number of ether oxygens (including phenoxy) is 3. The molecular formula is C21H23N3O8S. The second kappa shape index (κ2) is 8.87. The minimum atomic E-state index is -4.21. The number of hydrogen-bond acceptors (Lipinski definition) is 8. The smallest absolute Gasteiger partial charge is 0.415 e. The van der Waals surface area contributed by atoms with E-state index >= 15 is 0 Å². The highest BCUT2D eigenvalue weighted by atomic mass is 32.2. The first-order chi connectivity index (χ1) is 15.6. The van der Waals surface area contributed by atoms with Gasteiger partial charge in [0.2, 0.25) is 0 Å². The quantitative estimate of drug-likeness (QED) is 0.593. The lowest BCUT2D eigenvalue weighted by molar-refractivity contribution is -0.121. The van der Waals surface area contributed by atoms with Crippen LogP contribution in [0.4, 0.5) is 16.4 Å². The van der Waals surface area contributed by atoms with E-state index in [1.54, 1.807) is 38.3 Å². The minimum Gasteiger partial charge on any atom is -0.497 e. The maximum atomic E-state index is 12.6. The summed E-state index contributed by atoms with van der Waals surface area (Å²) in [6.45, 7) is 1.73. The Bertz CT molecular complexity index is 1170. The molecule has 2 aliphatic rings. The summed E-state index contributed by atoms with van der Waals surface area (Å²) >= 11 is 0. The zero-order valence-corrected chi connectivity index (χ0v) is 18.8. The third-order valence-corrected chi connectivity index (χ3v) is 6.40. The zero-order chi connectivity index (χ0) is 23.8. The van der Waals surface area contributed by atoms with Gasteiger partial charge in [0.1, 0.15) is 17.7 Å². The molecular weight excluding hydrogens is 454 g/mol. The van der Waals surface area contributed by atoms with Gasteiger partial charge in [-0.1, -0.05) is 19.1 Å². The summed E-state index contributed by atoms with van der Waals surface area (Å²) in [6, 6.07) is 10.4. The topological polar surface area (TPSA) is 136 Å². The van der Waals surface area contributed by atoms with Crippen LogP contribution in [0.2, 0.25) is 0 Å². The van der Waals surface area contributed by atoms with Gasteiger partial charge in [0.15, 0.2) is 18.2 Å². The van der Waals surface area contributed by atoms with E-state index in [9.17, 15) is 18.0 Å².